The molecular formula is C11H17ClN2S. The van der Waals surface area contributed by atoms with Crippen LogP contribution in [0.1, 0.15) is 25.5 Å². The predicted octanol–water partition coefficient (Wildman–Crippen LogP) is 3.16. The first-order chi connectivity index (χ1) is 7.19. The molecule has 4 heteroatoms. The van der Waals surface area contributed by atoms with Gasteiger partial charge in [0.1, 0.15) is 0 Å². The summed E-state index contributed by atoms with van der Waals surface area (Å²) in [6.45, 7) is 3.24. The lowest BCUT2D eigenvalue weighted by atomic mass is 9.84. The van der Waals surface area contributed by atoms with E-state index in [1.165, 1.54) is 5.69 Å². The van der Waals surface area contributed by atoms with E-state index in [-0.39, 0.29) is 0 Å². The monoisotopic (exact) mass is 244 g/mol. The maximum atomic E-state index is 5.97. The third kappa shape index (κ3) is 2.64. The first kappa shape index (κ1) is 11.2. The lowest BCUT2D eigenvalue weighted by molar-refractivity contribution is 0.329. The summed E-state index contributed by atoms with van der Waals surface area (Å²) in [5.74, 6) is 0.770. The molecule has 0 amide bonds. The summed E-state index contributed by atoms with van der Waals surface area (Å²) in [6, 6.07) is 0. The second-order valence-electron chi connectivity index (χ2n) is 4.29. The SMILES string of the molecule is CCc1csc(N(C)CC2CC(Cl)C2)n1. The van der Waals surface area contributed by atoms with Crippen LogP contribution in [-0.4, -0.2) is 24.0 Å². The van der Waals surface area contributed by atoms with Crippen molar-refractivity contribution in [3.05, 3.63) is 11.1 Å². The molecule has 2 nitrogen and oxygen atoms in total. The molecule has 1 saturated carbocycles. The summed E-state index contributed by atoms with van der Waals surface area (Å²) >= 11 is 7.71. The Kier molecular flexibility index (Phi) is 3.52. The Morgan fingerprint density at radius 1 is 1.60 bits per heavy atom. The molecule has 0 saturated heterocycles. The maximum Gasteiger partial charge on any atom is 0.185 e. The molecule has 1 aliphatic rings. The van der Waals surface area contributed by atoms with Crippen molar-refractivity contribution in [3.8, 4) is 0 Å². The van der Waals surface area contributed by atoms with Crippen LogP contribution in [0.15, 0.2) is 5.38 Å². The van der Waals surface area contributed by atoms with E-state index in [1.807, 2.05) is 0 Å². The minimum atomic E-state index is 0.422. The number of aryl methyl sites for hydroxylation is 1. The highest BCUT2D eigenvalue weighted by Crippen LogP contribution is 2.33. The third-order valence-electron chi connectivity index (χ3n) is 2.94. The van der Waals surface area contributed by atoms with E-state index in [2.05, 4.69) is 29.2 Å². The highest BCUT2D eigenvalue weighted by Gasteiger charge is 2.28. The molecule has 1 heterocycles. The standard InChI is InChI=1S/C11H17ClN2S/c1-3-10-7-15-11(13-10)14(2)6-8-4-9(12)5-8/h7-9H,3-6H2,1-2H3. The van der Waals surface area contributed by atoms with Gasteiger partial charge in [0.15, 0.2) is 5.13 Å². The number of hydrogen-bond donors (Lipinski definition) is 0. The average Bonchev–Trinajstić information content (AvgIpc) is 2.63. The number of thiazole rings is 1. The number of nitrogens with zero attached hydrogens (tertiary/aromatic N) is 2. The summed E-state index contributed by atoms with van der Waals surface area (Å²) in [6.07, 6.45) is 3.35. The first-order valence-electron chi connectivity index (χ1n) is 5.48. The topological polar surface area (TPSA) is 16.1 Å². The average molecular weight is 245 g/mol. The van der Waals surface area contributed by atoms with Gasteiger partial charge < -0.3 is 4.90 Å². The van der Waals surface area contributed by atoms with E-state index >= 15 is 0 Å². The zero-order valence-electron chi connectivity index (χ0n) is 9.24. The summed E-state index contributed by atoms with van der Waals surface area (Å²) in [5.41, 5.74) is 1.20. The molecule has 84 valence electrons. The number of halogens is 1. The zero-order chi connectivity index (χ0) is 10.8. The van der Waals surface area contributed by atoms with Crippen molar-refractivity contribution in [2.75, 3.05) is 18.5 Å². The number of aromatic nitrogens is 1. The smallest absolute Gasteiger partial charge is 0.185 e. The normalized spacial score (nSPS) is 25.0. The number of alkyl halides is 1. The van der Waals surface area contributed by atoms with Crippen molar-refractivity contribution < 1.29 is 0 Å². The van der Waals surface area contributed by atoms with Gasteiger partial charge in [0, 0.05) is 24.3 Å². The Morgan fingerprint density at radius 2 is 2.33 bits per heavy atom. The van der Waals surface area contributed by atoms with Crippen LogP contribution < -0.4 is 4.90 Å². The largest absolute Gasteiger partial charge is 0.351 e. The maximum absolute atomic E-state index is 5.97. The van der Waals surface area contributed by atoms with Crippen molar-refractivity contribution in [3.63, 3.8) is 0 Å². The fraction of sp³-hybridized carbons (Fsp3) is 0.727. The fourth-order valence-electron chi connectivity index (χ4n) is 1.90. The summed E-state index contributed by atoms with van der Waals surface area (Å²) < 4.78 is 0. The lowest BCUT2D eigenvalue weighted by Gasteiger charge is -2.33. The van der Waals surface area contributed by atoms with Gasteiger partial charge in [-0.2, -0.15) is 0 Å². The number of hydrogen-bond acceptors (Lipinski definition) is 3. The fourth-order valence-corrected chi connectivity index (χ4v) is 3.29. The van der Waals surface area contributed by atoms with Crippen LogP contribution in [0.25, 0.3) is 0 Å². The van der Waals surface area contributed by atoms with Crippen molar-refractivity contribution in [2.24, 2.45) is 5.92 Å². The van der Waals surface area contributed by atoms with Crippen LogP contribution in [0.3, 0.4) is 0 Å². The third-order valence-corrected chi connectivity index (χ3v) is 4.30. The van der Waals surface area contributed by atoms with Gasteiger partial charge in [-0.25, -0.2) is 4.98 Å². The van der Waals surface area contributed by atoms with E-state index in [1.54, 1.807) is 11.3 Å². The van der Waals surface area contributed by atoms with Gasteiger partial charge in [-0.15, -0.1) is 22.9 Å². The van der Waals surface area contributed by atoms with E-state index in [4.69, 9.17) is 11.6 Å². The summed E-state index contributed by atoms with van der Waals surface area (Å²) in [4.78, 5) is 6.83. The number of rotatable bonds is 4. The van der Waals surface area contributed by atoms with Crippen LogP contribution in [0.5, 0.6) is 0 Å². The zero-order valence-corrected chi connectivity index (χ0v) is 10.8. The molecule has 1 aromatic rings. The Labute approximate surface area is 100 Å². The van der Waals surface area contributed by atoms with Crippen molar-refractivity contribution in [2.45, 2.75) is 31.6 Å². The first-order valence-corrected chi connectivity index (χ1v) is 6.80. The molecule has 0 unspecified atom stereocenters. The number of anilines is 1. The highest BCUT2D eigenvalue weighted by atomic mass is 35.5. The van der Waals surface area contributed by atoms with Gasteiger partial charge in [0.05, 0.1) is 5.69 Å². The minimum absolute atomic E-state index is 0.422. The molecule has 2 rings (SSSR count). The van der Waals surface area contributed by atoms with Crippen LogP contribution in [0.4, 0.5) is 5.13 Å². The Balaban J connectivity index is 1.87. The van der Waals surface area contributed by atoms with Crippen LogP contribution in [-0.2, 0) is 6.42 Å². The van der Waals surface area contributed by atoms with Crippen molar-refractivity contribution >= 4 is 28.1 Å². The highest BCUT2D eigenvalue weighted by molar-refractivity contribution is 7.13. The van der Waals surface area contributed by atoms with Crippen LogP contribution >= 0.6 is 22.9 Å². The second-order valence-corrected chi connectivity index (χ2v) is 5.74. The lowest BCUT2D eigenvalue weighted by Crippen LogP contribution is -2.34. The molecule has 0 aliphatic heterocycles. The molecule has 0 atom stereocenters. The van der Waals surface area contributed by atoms with E-state index < -0.39 is 0 Å². The van der Waals surface area contributed by atoms with Crippen molar-refractivity contribution in [1.29, 1.82) is 0 Å². The molecule has 15 heavy (non-hydrogen) atoms. The molecular weight excluding hydrogens is 228 g/mol. The Hall–Kier alpha value is -0.280. The quantitative estimate of drug-likeness (QED) is 0.757. The molecule has 1 aromatic heterocycles. The van der Waals surface area contributed by atoms with E-state index in [0.717, 1.165) is 36.9 Å². The van der Waals surface area contributed by atoms with E-state index in [0.29, 0.717) is 5.38 Å². The molecule has 0 aromatic carbocycles. The molecule has 1 aliphatic carbocycles. The second kappa shape index (κ2) is 4.71. The van der Waals surface area contributed by atoms with Gasteiger partial charge in [-0.3, -0.25) is 0 Å². The van der Waals surface area contributed by atoms with E-state index in [9.17, 15) is 0 Å². The predicted molar refractivity (Wildman–Crippen MR) is 67.1 cm³/mol. The van der Waals surface area contributed by atoms with Crippen molar-refractivity contribution in [1.82, 2.24) is 4.98 Å². The molecule has 0 N–H and O–H groups in total. The van der Waals surface area contributed by atoms with Crippen LogP contribution in [0, 0.1) is 5.92 Å². The molecule has 1 fully saturated rings. The van der Waals surface area contributed by atoms with Gasteiger partial charge in [-0.05, 0) is 25.2 Å². The van der Waals surface area contributed by atoms with Gasteiger partial charge in [-0.1, -0.05) is 6.92 Å². The van der Waals surface area contributed by atoms with Crippen LogP contribution in [0.2, 0.25) is 0 Å². The van der Waals surface area contributed by atoms with Gasteiger partial charge >= 0.3 is 0 Å². The summed E-state index contributed by atoms with van der Waals surface area (Å²) in [7, 11) is 2.12. The minimum Gasteiger partial charge on any atom is -0.351 e. The Bertz CT molecular complexity index is 320. The molecule has 0 bridgehead atoms. The van der Waals surface area contributed by atoms with Gasteiger partial charge in [0.2, 0.25) is 0 Å². The molecule has 0 spiro atoms. The Morgan fingerprint density at radius 3 is 2.87 bits per heavy atom. The molecule has 0 radical (unpaired) electrons. The van der Waals surface area contributed by atoms with Gasteiger partial charge in [0.25, 0.3) is 0 Å². The summed E-state index contributed by atoms with van der Waals surface area (Å²) in [5, 5.41) is 3.72.